The molecule has 0 bridgehead atoms. The second-order valence-electron chi connectivity index (χ2n) is 6.35. The van der Waals surface area contributed by atoms with E-state index in [1.807, 2.05) is 20.8 Å². The molecule has 3 N–H and O–H groups in total. The molecule has 7 nitrogen and oxygen atoms in total. The maximum atomic E-state index is 11.6. The minimum Gasteiger partial charge on any atom is -0.450 e. The summed E-state index contributed by atoms with van der Waals surface area (Å²) in [6.07, 6.45) is 1.93. The fourth-order valence-electron chi connectivity index (χ4n) is 2.04. The zero-order valence-electron chi connectivity index (χ0n) is 15.1. The normalized spacial score (nSPS) is 16.7. The van der Waals surface area contributed by atoms with Gasteiger partial charge in [0, 0.05) is 20.2 Å². The predicted octanol–water partition coefficient (Wildman–Crippen LogP) is 1.49. The molecule has 1 unspecified atom stereocenters. The lowest BCUT2D eigenvalue weighted by molar-refractivity contribution is 0.0310. The molecule has 0 heterocycles. The molecular weight excluding hydrogens is 296 g/mol. The van der Waals surface area contributed by atoms with Gasteiger partial charge in [-0.3, -0.25) is 4.99 Å². The van der Waals surface area contributed by atoms with E-state index in [1.54, 1.807) is 14.0 Å². The van der Waals surface area contributed by atoms with Crippen molar-refractivity contribution in [1.82, 2.24) is 16.0 Å². The number of hydrogen-bond acceptors (Lipinski definition) is 4. The van der Waals surface area contributed by atoms with E-state index in [9.17, 15) is 4.79 Å². The van der Waals surface area contributed by atoms with Gasteiger partial charge in [-0.2, -0.15) is 0 Å². The van der Waals surface area contributed by atoms with Crippen LogP contribution in [0, 0.1) is 5.92 Å². The summed E-state index contributed by atoms with van der Waals surface area (Å²) >= 11 is 0. The van der Waals surface area contributed by atoms with E-state index in [-0.39, 0.29) is 17.7 Å². The van der Waals surface area contributed by atoms with Crippen LogP contribution in [0.3, 0.4) is 0 Å². The van der Waals surface area contributed by atoms with Crippen LogP contribution in [0.4, 0.5) is 4.79 Å². The van der Waals surface area contributed by atoms with Gasteiger partial charge < -0.3 is 25.4 Å². The minimum atomic E-state index is -0.353. The third kappa shape index (κ3) is 8.06. The largest absolute Gasteiger partial charge is 0.450 e. The molecule has 0 saturated heterocycles. The number of nitrogens with one attached hydrogen (secondary N) is 3. The van der Waals surface area contributed by atoms with Crippen molar-refractivity contribution in [2.45, 2.75) is 52.2 Å². The Bertz CT molecular complexity index is 395. The van der Waals surface area contributed by atoms with E-state index in [1.165, 1.54) is 0 Å². The van der Waals surface area contributed by atoms with Crippen LogP contribution in [-0.2, 0) is 9.47 Å². The second kappa shape index (κ2) is 9.60. The smallest absolute Gasteiger partial charge is 0.407 e. The van der Waals surface area contributed by atoms with Gasteiger partial charge in [0.1, 0.15) is 0 Å². The first-order chi connectivity index (χ1) is 10.9. The highest BCUT2D eigenvalue weighted by atomic mass is 16.5. The molecule has 0 spiro atoms. The number of aliphatic imine (C=N–C) groups is 1. The summed E-state index contributed by atoms with van der Waals surface area (Å²) < 4.78 is 10.4. The molecular formula is C16H32N4O3. The number of guanidine groups is 1. The number of carbonyl (C=O) groups excluding carboxylic acids is 1. The fourth-order valence-corrected chi connectivity index (χ4v) is 2.04. The van der Waals surface area contributed by atoms with Crippen LogP contribution in [0.15, 0.2) is 4.99 Å². The van der Waals surface area contributed by atoms with E-state index in [0.717, 1.165) is 25.3 Å². The number of nitrogens with zero attached hydrogens (tertiary/aromatic N) is 1. The predicted molar refractivity (Wildman–Crippen MR) is 91.7 cm³/mol. The highest BCUT2D eigenvalue weighted by Crippen LogP contribution is 2.32. The number of methoxy groups -OCH3 is 1. The van der Waals surface area contributed by atoms with E-state index in [2.05, 4.69) is 20.9 Å². The van der Waals surface area contributed by atoms with Gasteiger partial charge in [0.2, 0.25) is 0 Å². The number of alkyl carbamates (subject to hydrolysis) is 1. The van der Waals surface area contributed by atoms with Crippen molar-refractivity contribution in [2.75, 3.05) is 33.4 Å². The lowest BCUT2D eigenvalue weighted by Crippen LogP contribution is -2.48. The van der Waals surface area contributed by atoms with Gasteiger partial charge in [-0.25, -0.2) is 4.79 Å². The molecule has 1 saturated carbocycles. The van der Waals surface area contributed by atoms with Gasteiger partial charge in [-0.1, -0.05) is 0 Å². The van der Waals surface area contributed by atoms with Gasteiger partial charge in [0.15, 0.2) is 5.96 Å². The molecule has 1 fully saturated rings. The molecule has 1 rings (SSSR count). The van der Waals surface area contributed by atoms with Gasteiger partial charge in [0.25, 0.3) is 0 Å². The Balaban J connectivity index is 2.53. The molecule has 23 heavy (non-hydrogen) atoms. The number of hydrogen-bond donors (Lipinski definition) is 3. The number of rotatable bonds is 9. The topological polar surface area (TPSA) is 84.0 Å². The van der Waals surface area contributed by atoms with Crippen molar-refractivity contribution in [1.29, 1.82) is 0 Å². The van der Waals surface area contributed by atoms with Crippen LogP contribution >= 0.6 is 0 Å². The van der Waals surface area contributed by atoms with Crippen molar-refractivity contribution in [3.63, 3.8) is 0 Å². The highest BCUT2D eigenvalue weighted by Gasteiger charge is 2.32. The zero-order valence-corrected chi connectivity index (χ0v) is 15.1. The molecule has 0 aromatic carbocycles. The van der Waals surface area contributed by atoms with Gasteiger partial charge in [-0.05, 0) is 46.5 Å². The van der Waals surface area contributed by atoms with E-state index >= 15 is 0 Å². The molecule has 1 aliphatic rings. The van der Waals surface area contributed by atoms with Crippen molar-refractivity contribution >= 4 is 12.1 Å². The van der Waals surface area contributed by atoms with E-state index < -0.39 is 0 Å². The average molecular weight is 328 g/mol. The maximum Gasteiger partial charge on any atom is 0.407 e. The third-order valence-corrected chi connectivity index (χ3v) is 3.77. The van der Waals surface area contributed by atoms with Gasteiger partial charge >= 0.3 is 6.09 Å². The summed E-state index contributed by atoms with van der Waals surface area (Å²) in [6, 6.07) is 0.0633. The Morgan fingerprint density at radius 3 is 2.52 bits per heavy atom. The zero-order chi connectivity index (χ0) is 17.3. The lowest BCUT2D eigenvalue weighted by atomic mass is 10.1. The third-order valence-electron chi connectivity index (χ3n) is 3.77. The standard InChI is InChI=1S/C16H32N4O3/c1-6-17-14(19-11-16(3,4)22-5)18-10-13(12-8-9-12)20-15(21)23-7-2/h12-13H,6-11H2,1-5H3,(H,20,21)(H2,17,18,19). The Kier molecular flexibility index (Phi) is 8.16. The Hall–Kier alpha value is -1.50. The van der Waals surface area contributed by atoms with Crippen LogP contribution in [0.5, 0.6) is 0 Å². The number of amides is 1. The van der Waals surface area contributed by atoms with Crippen molar-refractivity contribution < 1.29 is 14.3 Å². The molecule has 134 valence electrons. The molecule has 0 aliphatic heterocycles. The monoisotopic (exact) mass is 328 g/mol. The maximum absolute atomic E-state index is 11.6. The molecule has 0 radical (unpaired) electrons. The molecule has 1 amide bonds. The summed E-state index contributed by atoms with van der Waals surface area (Å²) in [5.74, 6) is 1.25. The van der Waals surface area contributed by atoms with Crippen LogP contribution in [0.1, 0.15) is 40.5 Å². The second-order valence-corrected chi connectivity index (χ2v) is 6.35. The summed E-state index contributed by atoms with van der Waals surface area (Å²) in [5.41, 5.74) is -0.304. The Morgan fingerprint density at radius 1 is 1.30 bits per heavy atom. The summed E-state index contributed by atoms with van der Waals surface area (Å²) in [4.78, 5) is 16.2. The number of ether oxygens (including phenoxy) is 2. The van der Waals surface area contributed by atoms with Crippen molar-refractivity contribution in [2.24, 2.45) is 10.9 Å². The Labute approximate surface area is 139 Å². The first kappa shape index (κ1) is 19.5. The van der Waals surface area contributed by atoms with Crippen LogP contribution in [0.2, 0.25) is 0 Å². The van der Waals surface area contributed by atoms with Gasteiger partial charge in [0.05, 0.1) is 24.8 Å². The number of carbonyl (C=O) groups is 1. The van der Waals surface area contributed by atoms with E-state index in [4.69, 9.17) is 9.47 Å². The van der Waals surface area contributed by atoms with Crippen molar-refractivity contribution in [3.8, 4) is 0 Å². The fraction of sp³-hybridized carbons (Fsp3) is 0.875. The summed E-state index contributed by atoms with van der Waals surface area (Å²) in [6.45, 7) is 10.2. The molecule has 0 aromatic rings. The molecule has 1 atom stereocenters. The van der Waals surface area contributed by atoms with Crippen LogP contribution in [-0.4, -0.2) is 57.0 Å². The average Bonchev–Trinajstić information content (AvgIpc) is 3.33. The quantitative estimate of drug-likeness (QED) is 0.441. The van der Waals surface area contributed by atoms with Gasteiger partial charge in [-0.15, -0.1) is 0 Å². The van der Waals surface area contributed by atoms with Crippen LogP contribution in [0.25, 0.3) is 0 Å². The molecule has 0 aromatic heterocycles. The molecule has 1 aliphatic carbocycles. The van der Waals surface area contributed by atoms with Crippen molar-refractivity contribution in [3.05, 3.63) is 0 Å². The highest BCUT2D eigenvalue weighted by molar-refractivity contribution is 5.80. The Morgan fingerprint density at radius 2 is 2.00 bits per heavy atom. The molecule has 7 heteroatoms. The first-order valence-corrected chi connectivity index (χ1v) is 8.42. The SMILES string of the molecule is CCNC(=NCC(C)(C)OC)NCC(NC(=O)OCC)C1CC1. The lowest BCUT2D eigenvalue weighted by Gasteiger charge is -2.23. The van der Waals surface area contributed by atoms with E-state index in [0.29, 0.717) is 25.6 Å². The minimum absolute atomic E-state index is 0.0633. The first-order valence-electron chi connectivity index (χ1n) is 8.42. The summed E-state index contributed by atoms with van der Waals surface area (Å²) in [7, 11) is 1.68. The van der Waals surface area contributed by atoms with Crippen LogP contribution < -0.4 is 16.0 Å². The summed E-state index contributed by atoms with van der Waals surface area (Å²) in [5, 5.41) is 9.44.